The molecule has 0 aliphatic carbocycles. The summed E-state index contributed by atoms with van der Waals surface area (Å²) in [5.41, 5.74) is 0.570. The maximum Gasteiger partial charge on any atom is 0.164 e. The molecule has 0 radical (unpaired) electrons. The van der Waals surface area contributed by atoms with Crippen molar-refractivity contribution in [2.24, 2.45) is 0 Å². The summed E-state index contributed by atoms with van der Waals surface area (Å²) >= 11 is 3.47. The normalized spacial score (nSPS) is 28.5. The van der Waals surface area contributed by atoms with Crippen molar-refractivity contribution in [3.8, 4) is 0 Å². The molecule has 0 aromatic carbocycles. The Morgan fingerprint density at radius 1 is 1.32 bits per heavy atom. The first-order valence-electron chi connectivity index (χ1n) is 6.76. The summed E-state index contributed by atoms with van der Waals surface area (Å²) < 4.78 is 7.95. The molecule has 1 aliphatic heterocycles. The first-order valence-corrected chi connectivity index (χ1v) is 7.55. The third-order valence-corrected chi connectivity index (χ3v) is 4.36. The van der Waals surface area contributed by atoms with Gasteiger partial charge in [-0.25, -0.2) is 9.97 Å². The zero-order valence-electron chi connectivity index (χ0n) is 12.1. The number of aromatic nitrogens is 3. The van der Waals surface area contributed by atoms with Gasteiger partial charge in [0.05, 0.1) is 12.0 Å². The summed E-state index contributed by atoms with van der Waals surface area (Å²) in [6.45, 7) is -0.368. The molecule has 1 saturated heterocycles. The van der Waals surface area contributed by atoms with Crippen molar-refractivity contribution in [1.82, 2.24) is 14.5 Å². The molecule has 0 bridgehead atoms. The smallest absolute Gasteiger partial charge is 0.164 e. The highest BCUT2D eigenvalue weighted by molar-refractivity contribution is 9.10. The number of ether oxygens (including phenoxy) is 1. The molecule has 2 aromatic heterocycles. The van der Waals surface area contributed by atoms with Crippen LogP contribution in [0, 0.1) is 0 Å². The molecule has 22 heavy (non-hydrogen) atoms. The molecule has 120 valence electrons. The summed E-state index contributed by atoms with van der Waals surface area (Å²) in [6, 6.07) is 0. The average Bonchev–Trinajstić information content (AvgIpc) is 2.98. The van der Waals surface area contributed by atoms with Gasteiger partial charge in [-0.3, -0.25) is 0 Å². The average molecular weight is 373 g/mol. The van der Waals surface area contributed by atoms with E-state index < -0.39 is 24.5 Å². The van der Waals surface area contributed by atoms with E-state index in [9.17, 15) is 15.3 Å². The Bertz CT molecular complexity index is 692. The van der Waals surface area contributed by atoms with Gasteiger partial charge in [-0.15, -0.1) is 0 Å². The molecule has 3 heterocycles. The van der Waals surface area contributed by atoms with Gasteiger partial charge in [0.1, 0.15) is 36.1 Å². The SMILES string of the molecule is CN(C)c1ncnc2c1c(Br)cn2[C@H]1O[C@@H](CO)[C@@H](O)[C@H]1O. The highest BCUT2D eigenvalue weighted by Gasteiger charge is 2.44. The second kappa shape index (κ2) is 5.74. The van der Waals surface area contributed by atoms with Gasteiger partial charge in [-0.2, -0.15) is 0 Å². The van der Waals surface area contributed by atoms with Crippen molar-refractivity contribution in [3.63, 3.8) is 0 Å². The molecule has 0 unspecified atom stereocenters. The van der Waals surface area contributed by atoms with E-state index in [4.69, 9.17) is 4.74 Å². The fourth-order valence-electron chi connectivity index (χ4n) is 2.67. The van der Waals surface area contributed by atoms with Gasteiger partial charge in [0.25, 0.3) is 0 Å². The predicted octanol–water partition coefficient (Wildman–Crippen LogP) is -0.129. The quantitative estimate of drug-likeness (QED) is 0.689. The molecule has 8 nitrogen and oxygen atoms in total. The van der Waals surface area contributed by atoms with Crippen molar-refractivity contribution in [2.75, 3.05) is 25.6 Å². The summed E-state index contributed by atoms with van der Waals surface area (Å²) in [6.07, 6.45) is -0.801. The Morgan fingerprint density at radius 2 is 2.05 bits per heavy atom. The standard InChI is InChI=1S/C13H17BrN4O4/c1-17(2)11-8-6(14)3-18(12(8)16-5-15-11)13-10(21)9(20)7(4-19)22-13/h3,5,7,9-10,13,19-21H,4H2,1-2H3/t7-,9+,10+,13-/m0/s1. The molecule has 1 aliphatic rings. The zero-order chi connectivity index (χ0) is 16.0. The molecule has 2 aromatic rings. The number of fused-ring (bicyclic) bond motifs is 1. The van der Waals surface area contributed by atoms with E-state index in [1.54, 1.807) is 10.8 Å². The monoisotopic (exact) mass is 372 g/mol. The number of hydrogen-bond acceptors (Lipinski definition) is 7. The highest BCUT2D eigenvalue weighted by Crippen LogP contribution is 2.37. The fourth-order valence-corrected chi connectivity index (χ4v) is 3.24. The van der Waals surface area contributed by atoms with Crippen molar-refractivity contribution >= 4 is 32.8 Å². The fraction of sp³-hybridized carbons (Fsp3) is 0.538. The van der Waals surface area contributed by atoms with E-state index in [-0.39, 0.29) is 6.61 Å². The topological polar surface area (TPSA) is 104 Å². The molecule has 1 fully saturated rings. The van der Waals surface area contributed by atoms with Crippen molar-refractivity contribution in [3.05, 3.63) is 17.0 Å². The maximum atomic E-state index is 10.2. The second-order valence-electron chi connectivity index (χ2n) is 5.40. The Kier molecular flexibility index (Phi) is 4.08. The van der Waals surface area contributed by atoms with Gasteiger partial charge in [0, 0.05) is 24.8 Å². The first-order chi connectivity index (χ1) is 10.5. The second-order valence-corrected chi connectivity index (χ2v) is 6.26. The number of anilines is 1. The van der Waals surface area contributed by atoms with Gasteiger partial charge < -0.3 is 29.5 Å². The van der Waals surface area contributed by atoms with Crippen LogP contribution in [-0.2, 0) is 4.74 Å². The van der Waals surface area contributed by atoms with E-state index in [1.165, 1.54) is 6.33 Å². The molecule has 0 saturated carbocycles. The zero-order valence-corrected chi connectivity index (χ0v) is 13.7. The summed E-state index contributed by atoms with van der Waals surface area (Å²) in [5, 5.41) is 30.1. The van der Waals surface area contributed by atoms with Crippen LogP contribution in [0.4, 0.5) is 5.82 Å². The molecular weight excluding hydrogens is 356 g/mol. The predicted molar refractivity (Wildman–Crippen MR) is 82.6 cm³/mol. The van der Waals surface area contributed by atoms with Crippen LogP contribution in [-0.4, -0.2) is 68.9 Å². The third-order valence-electron chi connectivity index (χ3n) is 3.76. The Balaban J connectivity index is 2.11. The van der Waals surface area contributed by atoms with Gasteiger partial charge in [0.15, 0.2) is 6.23 Å². The number of rotatable bonds is 3. The summed E-state index contributed by atoms with van der Waals surface area (Å²) in [5.74, 6) is 0.724. The molecule has 0 amide bonds. The van der Waals surface area contributed by atoms with Crippen molar-refractivity contribution < 1.29 is 20.1 Å². The molecule has 3 N–H and O–H groups in total. The van der Waals surface area contributed by atoms with Crippen LogP contribution >= 0.6 is 15.9 Å². The Labute approximate surface area is 135 Å². The van der Waals surface area contributed by atoms with E-state index in [0.717, 1.165) is 15.7 Å². The Morgan fingerprint density at radius 3 is 2.64 bits per heavy atom. The van der Waals surface area contributed by atoms with E-state index in [1.807, 2.05) is 19.0 Å². The van der Waals surface area contributed by atoms with Crippen LogP contribution in [0.15, 0.2) is 17.0 Å². The van der Waals surface area contributed by atoms with E-state index in [0.29, 0.717) is 5.65 Å². The molecule has 3 rings (SSSR count). The van der Waals surface area contributed by atoms with Crippen LogP contribution in [0.1, 0.15) is 6.23 Å². The molecule has 9 heteroatoms. The number of halogens is 1. The van der Waals surface area contributed by atoms with Crippen LogP contribution in [0.2, 0.25) is 0 Å². The lowest BCUT2D eigenvalue weighted by molar-refractivity contribution is -0.0509. The van der Waals surface area contributed by atoms with E-state index >= 15 is 0 Å². The van der Waals surface area contributed by atoms with Crippen molar-refractivity contribution in [1.29, 1.82) is 0 Å². The lowest BCUT2D eigenvalue weighted by Gasteiger charge is -2.18. The van der Waals surface area contributed by atoms with Crippen molar-refractivity contribution in [2.45, 2.75) is 24.5 Å². The van der Waals surface area contributed by atoms with Crippen LogP contribution in [0.5, 0.6) is 0 Å². The summed E-state index contributed by atoms with van der Waals surface area (Å²) in [7, 11) is 3.75. The van der Waals surface area contributed by atoms with Crippen LogP contribution in [0.25, 0.3) is 11.0 Å². The lowest BCUT2D eigenvalue weighted by Crippen LogP contribution is -2.33. The number of hydrogen-bond donors (Lipinski definition) is 3. The minimum atomic E-state index is -1.16. The molecular formula is C13H17BrN4O4. The molecule has 0 spiro atoms. The summed E-state index contributed by atoms with van der Waals surface area (Å²) in [4.78, 5) is 10.4. The van der Waals surface area contributed by atoms with E-state index in [2.05, 4.69) is 25.9 Å². The van der Waals surface area contributed by atoms with Gasteiger partial charge in [-0.05, 0) is 15.9 Å². The van der Waals surface area contributed by atoms with Crippen LogP contribution < -0.4 is 4.90 Å². The first kappa shape index (κ1) is 15.6. The number of aliphatic hydroxyl groups is 3. The van der Waals surface area contributed by atoms with Gasteiger partial charge in [-0.1, -0.05) is 0 Å². The van der Waals surface area contributed by atoms with Crippen LogP contribution in [0.3, 0.4) is 0 Å². The van der Waals surface area contributed by atoms with Gasteiger partial charge >= 0.3 is 0 Å². The number of aliphatic hydroxyl groups excluding tert-OH is 3. The minimum absolute atomic E-state index is 0.368. The highest BCUT2D eigenvalue weighted by atomic mass is 79.9. The van der Waals surface area contributed by atoms with Gasteiger partial charge in [0.2, 0.25) is 0 Å². The maximum absolute atomic E-state index is 10.2. The lowest BCUT2D eigenvalue weighted by atomic mass is 10.1. The minimum Gasteiger partial charge on any atom is -0.394 e. The Hall–Kier alpha value is -1.26. The largest absolute Gasteiger partial charge is 0.394 e. The number of nitrogens with zero attached hydrogens (tertiary/aromatic N) is 4. The molecule has 4 atom stereocenters. The third kappa shape index (κ3) is 2.29.